The molecule has 0 spiro atoms. The van der Waals surface area contributed by atoms with E-state index in [-0.39, 0.29) is 0 Å². The number of rotatable bonds is 4. The van der Waals surface area contributed by atoms with Gasteiger partial charge in [0.15, 0.2) is 0 Å². The zero-order valence-electron chi connectivity index (χ0n) is 14.2. The van der Waals surface area contributed by atoms with Crippen LogP contribution in [0.5, 0.6) is 0 Å². The van der Waals surface area contributed by atoms with Crippen LogP contribution in [0.4, 0.5) is 0 Å². The summed E-state index contributed by atoms with van der Waals surface area (Å²) >= 11 is 0. The van der Waals surface area contributed by atoms with Crippen molar-refractivity contribution in [3.8, 4) is 34.8 Å². The monoisotopic (exact) mass is 300 g/mol. The molecule has 0 aromatic heterocycles. The van der Waals surface area contributed by atoms with Gasteiger partial charge in [-0.15, -0.1) is 0 Å². The molecule has 116 valence electrons. The van der Waals surface area contributed by atoms with Gasteiger partial charge in [-0.25, -0.2) is 0 Å². The van der Waals surface area contributed by atoms with Crippen LogP contribution in [0.25, 0.3) is 11.1 Å². The standard InChI is InChI=1S/C23H24/c1-3-5-7-8-9-11-21-14-18-23(19-15-21)22-16-12-20(13-17-22)10-6-4-2/h12-19H,3-5,7-8H2,1-2H3. The summed E-state index contributed by atoms with van der Waals surface area (Å²) in [6.07, 6.45) is 5.61. The Labute approximate surface area is 141 Å². The van der Waals surface area contributed by atoms with Crippen molar-refractivity contribution in [1.82, 2.24) is 0 Å². The lowest BCUT2D eigenvalue weighted by atomic mass is 10.0. The van der Waals surface area contributed by atoms with E-state index in [0.29, 0.717) is 0 Å². The van der Waals surface area contributed by atoms with E-state index in [1.54, 1.807) is 0 Å². The Kier molecular flexibility index (Phi) is 7.03. The highest BCUT2D eigenvalue weighted by Gasteiger charge is 1.97. The zero-order chi connectivity index (χ0) is 16.3. The minimum atomic E-state index is 0.892. The third-order valence-electron chi connectivity index (χ3n) is 3.65. The highest BCUT2D eigenvalue weighted by atomic mass is 14.0. The number of unbranched alkanes of at least 4 members (excludes halogenated alkanes) is 3. The van der Waals surface area contributed by atoms with E-state index in [9.17, 15) is 0 Å². The SMILES string of the molecule is CCC#Cc1ccc(-c2ccc(C#CCCCCC)cc2)cc1. The molecule has 0 heterocycles. The molecular formula is C23H24. The Morgan fingerprint density at radius 3 is 1.65 bits per heavy atom. The van der Waals surface area contributed by atoms with Crippen LogP contribution in [0.15, 0.2) is 48.5 Å². The van der Waals surface area contributed by atoms with Crippen molar-refractivity contribution in [2.75, 3.05) is 0 Å². The molecule has 0 aliphatic rings. The van der Waals surface area contributed by atoms with Gasteiger partial charge in [-0.3, -0.25) is 0 Å². The Balaban J connectivity index is 2.01. The van der Waals surface area contributed by atoms with Crippen LogP contribution in [0, 0.1) is 23.7 Å². The van der Waals surface area contributed by atoms with E-state index in [2.05, 4.69) is 86.1 Å². The molecule has 0 aliphatic heterocycles. The molecule has 0 saturated heterocycles. The molecule has 23 heavy (non-hydrogen) atoms. The first-order valence-electron chi connectivity index (χ1n) is 8.51. The van der Waals surface area contributed by atoms with E-state index < -0.39 is 0 Å². The lowest BCUT2D eigenvalue weighted by molar-refractivity contribution is 0.737. The van der Waals surface area contributed by atoms with E-state index in [1.807, 2.05) is 0 Å². The molecule has 0 amide bonds. The average Bonchev–Trinajstić information content (AvgIpc) is 2.61. The smallest absolute Gasteiger partial charge is 0.0245 e. The van der Waals surface area contributed by atoms with E-state index >= 15 is 0 Å². The van der Waals surface area contributed by atoms with Crippen molar-refractivity contribution in [2.24, 2.45) is 0 Å². The van der Waals surface area contributed by atoms with Gasteiger partial charge in [-0.1, -0.05) is 74.6 Å². The highest BCUT2D eigenvalue weighted by Crippen LogP contribution is 2.20. The molecule has 0 heteroatoms. The molecule has 0 nitrogen and oxygen atoms in total. The average molecular weight is 300 g/mol. The summed E-state index contributed by atoms with van der Waals surface area (Å²) in [4.78, 5) is 0. The number of hydrogen-bond acceptors (Lipinski definition) is 0. The minimum absolute atomic E-state index is 0.892. The number of benzene rings is 2. The molecule has 0 unspecified atom stereocenters. The Bertz CT molecular complexity index is 710. The van der Waals surface area contributed by atoms with Gasteiger partial charge >= 0.3 is 0 Å². The fourth-order valence-electron chi connectivity index (χ4n) is 2.31. The van der Waals surface area contributed by atoms with Crippen molar-refractivity contribution >= 4 is 0 Å². The summed E-state index contributed by atoms with van der Waals surface area (Å²) < 4.78 is 0. The molecule has 0 N–H and O–H groups in total. The van der Waals surface area contributed by atoms with Crippen molar-refractivity contribution in [1.29, 1.82) is 0 Å². The van der Waals surface area contributed by atoms with Crippen molar-refractivity contribution in [2.45, 2.75) is 46.0 Å². The van der Waals surface area contributed by atoms with Gasteiger partial charge in [0.1, 0.15) is 0 Å². The fourth-order valence-corrected chi connectivity index (χ4v) is 2.31. The molecule has 0 atom stereocenters. The fraction of sp³-hybridized carbons (Fsp3) is 0.304. The molecular weight excluding hydrogens is 276 g/mol. The zero-order valence-corrected chi connectivity index (χ0v) is 14.2. The molecule has 2 aromatic carbocycles. The molecule has 0 bridgehead atoms. The first-order valence-corrected chi connectivity index (χ1v) is 8.51. The Morgan fingerprint density at radius 1 is 0.652 bits per heavy atom. The van der Waals surface area contributed by atoms with Crippen LogP contribution in [0.3, 0.4) is 0 Å². The summed E-state index contributed by atoms with van der Waals surface area (Å²) in [5.41, 5.74) is 4.60. The van der Waals surface area contributed by atoms with Crippen molar-refractivity contribution < 1.29 is 0 Å². The van der Waals surface area contributed by atoms with Crippen LogP contribution in [-0.4, -0.2) is 0 Å². The minimum Gasteiger partial charge on any atom is -0.0982 e. The topological polar surface area (TPSA) is 0 Å². The summed E-state index contributed by atoms with van der Waals surface area (Å²) in [7, 11) is 0. The number of hydrogen-bond donors (Lipinski definition) is 0. The van der Waals surface area contributed by atoms with Gasteiger partial charge in [0, 0.05) is 24.0 Å². The summed E-state index contributed by atoms with van der Waals surface area (Å²) in [5, 5.41) is 0. The maximum Gasteiger partial charge on any atom is 0.0245 e. The van der Waals surface area contributed by atoms with Gasteiger partial charge in [0.05, 0.1) is 0 Å². The molecule has 2 rings (SSSR count). The summed E-state index contributed by atoms with van der Waals surface area (Å²) in [6, 6.07) is 16.9. The van der Waals surface area contributed by atoms with Crippen LogP contribution < -0.4 is 0 Å². The van der Waals surface area contributed by atoms with E-state index in [4.69, 9.17) is 0 Å². The molecule has 0 saturated carbocycles. The van der Waals surface area contributed by atoms with Crippen molar-refractivity contribution in [3.05, 3.63) is 59.7 Å². The second kappa shape index (κ2) is 9.55. The largest absolute Gasteiger partial charge is 0.0982 e. The third-order valence-corrected chi connectivity index (χ3v) is 3.65. The molecule has 0 aliphatic carbocycles. The Hall–Kier alpha value is -2.44. The lowest BCUT2D eigenvalue weighted by Gasteiger charge is -2.02. The van der Waals surface area contributed by atoms with Crippen molar-refractivity contribution in [3.63, 3.8) is 0 Å². The lowest BCUT2D eigenvalue weighted by Crippen LogP contribution is -1.81. The van der Waals surface area contributed by atoms with Gasteiger partial charge in [-0.2, -0.15) is 0 Å². The van der Waals surface area contributed by atoms with E-state index in [1.165, 1.54) is 30.4 Å². The van der Waals surface area contributed by atoms with Crippen LogP contribution >= 0.6 is 0 Å². The van der Waals surface area contributed by atoms with Gasteiger partial charge in [0.2, 0.25) is 0 Å². The summed E-state index contributed by atoms with van der Waals surface area (Å²) in [6.45, 7) is 4.28. The molecule has 0 radical (unpaired) electrons. The van der Waals surface area contributed by atoms with E-state index in [0.717, 1.165) is 24.0 Å². The maximum atomic E-state index is 3.26. The third kappa shape index (κ3) is 5.69. The predicted molar refractivity (Wildman–Crippen MR) is 100 cm³/mol. The maximum absolute atomic E-state index is 3.26. The van der Waals surface area contributed by atoms with Gasteiger partial charge in [0.25, 0.3) is 0 Å². The Morgan fingerprint density at radius 2 is 1.17 bits per heavy atom. The second-order valence-corrected chi connectivity index (χ2v) is 5.57. The quantitative estimate of drug-likeness (QED) is 0.476. The van der Waals surface area contributed by atoms with Crippen LogP contribution in [-0.2, 0) is 0 Å². The first kappa shape index (κ1) is 16.9. The summed E-state index contributed by atoms with van der Waals surface area (Å²) in [5.74, 6) is 12.8. The van der Waals surface area contributed by atoms with Gasteiger partial charge < -0.3 is 0 Å². The highest BCUT2D eigenvalue weighted by molar-refractivity contribution is 5.65. The second-order valence-electron chi connectivity index (χ2n) is 5.57. The first-order chi connectivity index (χ1) is 11.3. The normalized spacial score (nSPS) is 9.48. The van der Waals surface area contributed by atoms with Crippen LogP contribution in [0.2, 0.25) is 0 Å². The predicted octanol–water partition coefficient (Wildman–Crippen LogP) is 6.05. The molecule has 0 fully saturated rings. The molecule has 2 aromatic rings. The van der Waals surface area contributed by atoms with Gasteiger partial charge in [-0.05, 0) is 41.8 Å². The van der Waals surface area contributed by atoms with Crippen LogP contribution in [0.1, 0.15) is 57.1 Å².